The van der Waals surface area contributed by atoms with Crippen molar-refractivity contribution in [3.63, 3.8) is 0 Å². The van der Waals surface area contributed by atoms with Crippen molar-refractivity contribution < 1.29 is 0 Å². The number of fused-ring (bicyclic) bond motifs is 1. The predicted octanol–water partition coefficient (Wildman–Crippen LogP) is 0.0448. The quantitative estimate of drug-likeness (QED) is 0.392. The van der Waals surface area contributed by atoms with Gasteiger partial charge in [0.25, 0.3) is 5.66 Å². The molecule has 12 heavy (non-hydrogen) atoms. The molecular formula is C9H10N2O. The molecule has 0 atom stereocenters. The van der Waals surface area contributed by atoms with Gasteiger partial charge in [0.1, 0.15) is 5.36 Å². The lowest BCUT2D eigenvalue weighted by Gasteiger charge is -2.14. The fourth-order valence-electron chi connectivity index (χ4n) is 1.37. The number of nitrogens with zero attached hydrogens (tertiary/aromatic N) is 2. The molecule has 2 rings (SSSR count). The molecule has 0 aliphatic carbocycles. The van der Waals surface area contributed by atoms with Gasteiger partial charge in [0.05, 0.1) is 0 Å². The molecule has 1 aromatic carbocycles. The Morgan fingerprint density at radius 2 is 2.00 bits per heavy atom. The third-order valence-corrected chi connectivity index (χ3v) is 1.99. The Kier molecular flexibility index (Phi) is 1.25. The molecule has 0 aromatic heterocycles. The Morgan fingerprint density at radius 1 is 1.33 bits per heavy atom. The number of benzene rings is 1. The molecule has 0 bridgehead atoms. The van der Waals surface area contributed by atoms with Crippen molar-refractivity contribution in [1.29, 1.82) is 0 Å². The molecule has 1 aliphatic rings. The van der Waals surface area contributed by atoms with E-state index in [1.54, 1.807) is 19.9 Å². The van der Waals surface area contributed by atoms with Crippen LogP contribution in [0.5, 0.6) is 0 Å². The van der Waals surface area contributed by atoms with Crippen LogP contribution in [0.4, 0.5) is 0 Å². The lowest BCUT2D eigenvalue weighted by atomic mass is 10.3. The summed E-state index contributed by atoms with van der Waals surface area (Å²) in [5.41, 5.74) is -0.635. The number of hydrogen-bond donors (Lipinski definition) is 0. The molecule has 0 radical (unpaired) electrons. The van der Waals surface area contributed by atoms with Crippen LogP contribution in [-0.4, -0.2) is 5.66 Å². The van der Waals surface area contributed by atoms with E-state index >= 15 is 0 Å². The van der Waals surface area contributed by atoms with E-state index in [-0.39, 0.29) is 0 Å². The summed E-state index contributed by atoms with van der Waals surface area (Å²) in [4.78, 5) is 4.28. The SMILES string of the molecule is CC1(C)N=c2ccccc2=[N+]1[O-]. The zero-order valence-corrected chi connectivity index (χ0v) is 7.11. The predicted molar refractivity (Wildman–Crippen MR) is 45.9 cm³/mol. The summed E-state index contributed by atoms with van der Waals surface area (Å²) in [5.74, 6) is 0. The first-order valence-corrected chi connectivity index (χ1v) is 3.90. The van der Waals surface area contributed by atoms with E-state index in [1.807, 2.05) is 18.2 Å². The molecule has 1 aromatic rings. The molecule has 0 spiro atoms. The topological polar surface area (TPSA) is 38.4 Å². The van der Waals surface area contributed by atoms with E-state index < -0.39 is 5.66 Å². The van der Waals surface area contributed by atoms with Gasteiger partial charge >= 0.3 is 0 Å². The molecule has 0 unspecified atom stereocenters. The third-order valence-electron chi connectivity index (χ3n) is 1.99. The summed E-state index contributed by atoms with van der Waals surface area (Å²) in [6.45, 7) is 3.61. The van der Waals surface area contributed by atoms with Crippen molar-refractivity contribution in [1.82, 2.24) is 4.74 Å². The van der Waals surface area contributed by atoms with Gasteiger partial charge in [-0.15, -0.1) is 0 Å². The van der Waals surface area contributed by atoms with Crippen molar-refractivity contribution in [2.45, 2.75) is 19.5 Å². The normalized spacial score (nSPS) is 18.7. The van der Waals surface area contributed by atoms with Crippen LogP contribution in [0.2, 0.25) is 0 Å². The van der Waals surface area contributed by atoms with Gasteiger partial charge in [0, 0.05) is 19.9 Å². The third kappa shape index (κ3) is 0.826. The average molecular weight is 162 g/mol. The Labute approximate surface area is 70.3 Å². The van der Waals surface area contributed by atoms with Gasteiger partial charge in [0.15, 0.2) is 0 Å². The Balaban J connectivity index is 2.90. The summed E-state index contributed by atoms with van der Waals surface area (Å²) in [6, 6.07) is 7.38. The Morgan fingerprint density at radius 3 is 2.67 bits per heavy atom. The zero-order chi connectivity index (χ0) is 8.77. The molecular weight excluding hydrogens is 152 g/mol. The van der Waals surface area contributed by atoms with Gasteiger partial charge in [-0.05, 0) is 6.07 Å². The summed E-state index contributed by atoms with van der Waals surface area (Å²) < 4.78 is 0.947. The fraction of sp³-hybridized carbons (Fsp3) is 0.333. The second-order valence-electron chi connectivity index (χ2n) is 3.39. The lowest BCUT2D eigenvalue weighted by Crippen LogP contribution is -2.38. The Bertz CT molecular complexity index is 434. The maximum Gasteiger partial charge on any atom is 0.260 e. The van der Waals surface area contributed by atoms with Crippen molar-refractivity contribution in [3.8, 4) is 0 Å². The van der Waals surface area contributed by atoms with Gasteiger partial charge in [-0.1, -0.05) is 12.1 Å². The number of hydroxylamine groups is 1. The highest BCUT2D eigenvalue weighted by Gasteiger charge is 2.29. The molecule has 3 nitrogen and oxygen atoms in total. The molecule has 0 saturated carbocycles. The summed E-state index contributed by atoms with van der Waals surface area (Å²) in [7, 11) is 0. The minimum atomic E-state index is -0.635. The monoisotopic (exact) mass is 162 g/mol. The molecule has 1 heterocycles. The van der Waals surface area contributed by atoms with E-state index in [0.29, 0.717) is 5.36 Å². The molecule has 0 saturated heterocycles. The number of hydrogen-bond acceptors (Lipinski definition) is 2. The van der Waals surface area contributed by atoms with E-state index in [1.165, 1.54) is 0 Å². The van der Waals surface area contributed by atoms with E-state index in [9.17, 15) is 5.21 Å². The minimum absolute atomic E-state index is 0.635. The van der Waals surface area contributed by atoms with Crippen LogP contribution in [0.3, 0.4) is 0 Å². The second kappa shape index (κ2) is 2.06. The summed E-state index contributed by atoms with van der Waals surface area (Å²) in [6.07, 6.45) is 0. The second-order valence-corrected chi connectivity index (χ2v) is 3.39. The maximum absolute atomic E-state index is 11.5. The fourth-order valence-corrected chi connectivity index (χ4v) is 1.37. The summed E-state index contributed by atoms with van der Waals surface area (Å²) in [5, 5.41) is 13.0. The number of rotatable bonds is 0. The largest absolute Gasteiger partial charge is 0.622 e. The van der Waals surface area contributed by atoms with Crippen molar-refractivity contribution >= 4 is 0 Å². The molecule has 0 N–H and O–H groups in total. The van der Waals surface area contributed by atoms with Crippen LogP contribution < -0.4 is 15.5 Å². The average Bonchev–Trinajstić information content (AvgIpc) is 2.24. The van der Waals surface area contributed by atoms with Gasteiger partial charge in [0.2, 0.25) is 5.36 Å². The first kappa shape index (κ1) is 7.28. The highest BCUT2D eigenvalue weighted by molar-refractivity contribution is 5.07. The molecule has 3 heteroatoms. The first-order valence-electron chi connectivity index (χ1n) is 3.90. The minimum Gasteiger partial charge on any atom is -0.622 e. The Hall–Kier alpha value is -1.38. The van der Waals surface area contributed by atoms with Crippen LogP contribution in [0.25, 0.3) is 0 Å². The zero-order valence-electron chi connectivity index (χ0n) is 7.11. The highest BCUT2D eigenvalue weighted by atomic mass is 16.5. The van der Waals surface area contributed by atoms with E-state index in [2.05, 4.69) is 4.99 Å². The highest BCUT2D eigenvalue weighted by Crippen LogP contribution is 2.07. The van der Waals surface area contributed by atoms with Gasteiger partial charge in [-0.3, -0.25) is 0 Å². The van der Waals surface area contributed by atoms with Crippen LogP contribution in [0.1, 0.15) is 13.8 Å². The molecule has 0 amide bonds. The number of para-hydroxylation sites is 2. The smallest absolute Gasteiger partial charge is 0.260 e. The van der Waals surface area contributed by atoms with Crippen molar-refractivity contribution in [2.75, 3.05) is 0 Å². The van der Waals surface area contributed by atoms with Crippen LogP contribution in [0, 0.1) is 5.21 Å². The maximum atomic E-state index is 11.5. The van der Waals surface area contributed by atoms with E-state index in [4.69, 9.17) is 0 Å². The summed E-state index contributed by atoms with van der Waals surface area (Å²) >= 11 is 0. The first-order chi connectivity index (χ1) is 5.61. The van der Waals surface area contributed by atoms with Crippen molar-refractivity contribution in [3.05, 3.63) is 40.2 Å². The lowest BCUT2D eigenvalue weighted by molar-refractivity contribution is 0.417. The van der Waals surface area contributed by atoms with Crippen molar-refractivity contribution in [2.24, 2.45) is 4.99 Å². The van der Waals surface area contributed by atoms with Crippen LogP contribution >= 0.6 is 0 Å². The molecule has 62 valence electrons. The van der Waals surface area contributed by atoms with E-state index in [0.717, 1.165) is 10.1 Å². The molecule has 1 aliphatic heterocycles. The van der Waals surface area contributed by atoms with Gasteiger partial charge in [-0.2, -0.15) is 4.74 Å². The van der Waals surface area contributed by atoms with Crippen LogP contribution in [-0.2, 0) is 0 Å². The molecule has 0 fully saturated rings. The standard InChI is InChI=1S/C9H10N2O/c1-9(2)10-7-5-3-4-6-8(7)11(9)12/h3-6H,1-2H3. The van der Waals surface area contributed by atoms with Crippen LogP contribution in [0.15, 0.2) is 29.3 Å². The van der Waals surface area contributed by atoms with Gasteiger partial charge in [-0.25, -0.2) is 4.99 Å². The van der Waals surface area contributed by atoms with Gasteiger partial charge < -0.3 is 5.21 Å².